The number of nitrogens with one attached hydrogen (secondary N) is 3. The predicted octanol–water partition coefficient (Wildman–Crippen LogP) is 9.34. The van der Waals surface area contributed by atoms with Gasteiger partial charge in [0.2, 0.25) is 5.91 Å². The molecule has 0 spiro atoms. The standard InChI is InChI=1S/C36H30Cl2N4O3S2/c1-3-32(35(45)42-36-41-31(21-46-36)23-14-12-22(2)13-15-23)47-28-11-7-10-27(20-28)39-34(44)30(18-25-16-17-26(37)19-29(25)38)40-33(43)24-8-5-4-6-9-24/h4-21,32H,3H2,1-2H3,(H,39,44)(H,40,43)(H,41,42,45)/b30-18+. The van der Waals surface area contributed by atoms with Crippen molar-refractivity contribution in [2.75, 3.05) is 10.6 Å². The summed E-state index contributed by atoms with van der Waals surface area (Å²) in [5.41, 5.74) is 4.32. The molecule has 5 aromatic rings. The Balaban J connectivity index is 1.29. The molecular weight excluding hydrogens is 671 g/mol. The summed E-state index contributed by atoms with van der Waals surface area (Å²) in [6, 6.07) is 28.7. The van der Waals surface area contributed by atoms with Gasteiger partial charge in [0.1, 0.15) is 5.70 Å². The van der Waals surface area contributed by atoms with Crippen LogP contribution in [0.4, 0.5) is 10.8 Å². The molecule has 0 fully saturated rings. The number of anilines is 2. The number of hydrogen-bond acceptors (Lipinski definition) is 6. The van der Waals surface area contributed by atoms with E-state index >= 15 is 0 Å². The fourth-order valence-corrected chi connectivity index (χ4v) is 6.62. The predicted molar refractivity (Wildman–Crippen MR) is 194 cm³/mol. The van der Waals surface area contributed by atoms with Crippen LogP contribution in [0.15, 0.2) is 113 Å². The van der Waals surface area contributed by atoms with Crippen molar-refractivity contribution >= 4 is 80.9 Å². The molecule has 0 saturated heterocycles. The minimum Gasteiger partial charge on any atom is -0.321 e. The van der Waals surface area contributed by atoms with Crippen LogP contribution in [-0.2, 0) is 9.59 Å². The van der Waals surface area contributed by atoms with Crippen molar-refractivity contribution in [2.24, 2.45) is 0 Å². The van der Waals surface area contributed by atoms with Gasteiger partial charge in [0.15, 0.2) is 5.13 Å². The maximum atomic E-state index is 13.5. The Morgan fingerprint density at radius 2 is 1.68 bits per heavy atom. The lowest BCUT2D eigenvalue weighted by Gasteiger charge is -2.15. The molecule has 7 nitrogen and oxygen atoms in total. The molecule has 238 valence electrons. The number of nitrogens with zero attached hydrogens (tertiary/aromatic N) is 1. The third kappa shape index (κ3) is 9.33. The number of carbonyl (C=O) groups excluding carboxylic acids is 3. The first-order valence-corrected chi connectivity index (χ1v) is 17.1. The molecule has 0 aliphatic rings. The Morgan fingerprint density at radius 1 is 0.915 bits per heavy atom. The molecule has 1 atom stereocenters. The summed E-state index contributed by atoms with van der Waals surface area (Å²) in [6.07, 6.45) is 2.07. The highest BCUT2D eigenvalue weighted by Gasteiger charge is 2.21. The quantitative estimate of drug-likeness (QED) is 0.0942. The van der Waals surface area contributed by atoms with Gasteiger partial charge in [-0.1, -0.05) is 90.3 Å². The van der Waals surface area contributed by atoms with Gasteiger partial charge in [0.05, 0.1) is 10.9 Å². The highest BCUT2D eigenvalue weighted by molar-refractivity contribution is 8.00. The molecule has 4 aromatic carbocycles. The summed E-state index contributed by atoms with van der Waals surface area (Å²) in [7, 11) is 0. The van der Waals surface area contributed by atoms with E-state index in [4.69, 9.17) is 23.2 Å². The second-order valence-corrected chi connectivity index (χ2v) is 13.4. The topological polar surface area (TPSA) is 100 Å². The van der Waals surface area contributed by atoms with Crippen LogP contribution in [0, 0.1) is 6.92 Å². The Bertz CT molecular complexity index is 1930. The minimum atomic E-state index is -0.555. The molecule has 0 radical (unpaired) electrons. The normalized spacial score (nSPS) is 11.9. The summed E-state index contributed by atoms with van der Waals surface area (Å²) in [5, 5.41) is 11.3. The van der Waals surface area contributed by atoms with Crippen molar-refractivity contribution in [2.45, 2.75) is 30.4 Å². The van der Waals surface area contributed by atoms with Crippen LogP contribution >= 0.6 is 46.3 Å². The third-order valence-electron chi connectivity index (χ3n) is 6.91. The Hall–Kier alpha value is -4.41. The number of halogens is 2. The van der Waals surface area contributed by atoms with Crippen LogP contribution in [0.5, 0.6) is 0 Å². The lowest BCUT2D eigenvalue weighted by Crippen LogP contribution is -2.30. The maximum absolute atomic E-state index is 13.5. The van der Waals surface area contributed by atoms with Crippen LogP contribution in [0.25, 0.3) is 17.3 Å². The minimum absolute atomic E-state index is 0.0135. The van der Waals surface area contributed by atoms with Crippen molar-refractivity contribution in [3.63, 3.8) is 0 Å². The van der Waals surface area contributed by atoms with Crippen molar-refractivity contribution in [1.29, 1.82) is 0 Å². The smallest absolute Gasteiger partial charge is 0.272 e. The second-order valence-electron chi connectivity index (χ2n) is 10.4. The van der Waals surface area contributed by atoms with Gasteiger partial charge in [-0.25, -0.2) is 4.98 Å². The highest BCUT2D eigenvalue weighted by atomic mass is 35.5. The first-order valence-electron chi connectivity index (χ1n) is 14.6. The van der Waals surface area contributed by atoms with E-state index in [9.17, 15) is 14.4 Å². The third-order valence-corrected chi connectivity index (χ3v) is 9.58. The van der Waals surface area contributed by atoms with E-state index in [0.717, 1.165) is 16.2 Å². The Morgan fingerprint density at radius 3 is 2.40 bits per heavy atom. The summed E-state index contributed by atoms with van der Waals surface area (Å²) in [5.74, 6) is -1.17. The molecule has 3 N–H and O–H groups in total. The molecule has 3 amide bonds. The number of hydrogen-bond donors (Lipinski definition) is 3. The fraction of sp³-hybridized carbons (Fsp3) is 0.111. The van der Waals surface area contributed by atoms with Gasteiger partial charge in [0.25, 0.3) is 11.8 Å². The molecule has 0 saturated carbocycles. The van der Waals surface area contributed by atoms with Gasteiger partial charge < -0.3 is 16.0 Å². The van der Waals surface area contributed by atoms with Crippen molar-refractivity contribution in [3.8, 4) is 11.3 Å². The number of benzene rings is 4. The molecule has 1 aromatic heterocycles. The zero-order valence-corrected chi connectivity index (χ0v) is 28.6. The lowest BCUT2D eigenvalue weighted by molar-refractivity contribution is -0.116. The second kappa shape index (κ2) is 15.9. The van der Waals surface area contributed by atoms with Crippen molar-refractivity contribution in [1.82, 2.24) is 10.3 Å². The number of aromatic nitrogens is 1. The van der Waals surface area contributed by atoms with Gasteiger partial charge in [0, 0.05) is 37.1 Å². The molecule has 47 heavy (non-hydrogen) atoms. The zero-order valence-electron chi connectivity index (χ0n) is 25.4. The summed E-state index contributed by atoms with van der Waals surface area (Å²) in [6.45, 7) is 3.97. The van der Waals surface area contributed by atoms with Gasteiger partial charge in [-0.15, -0.1) is 23.1 Å². The van der Waals surface area contributed by atoms with E-state index in [0.29, 0.717) is 38.4 Å². The van der Waals surface area contributed by atoms with Crippen LogP contribution in [0.1, 0.15) is 34.8 Å². The summed E-state index contributed by atoms with van der Waals surface area (Å²) < 4.78 is 0. The Kier molecular flexibility index (Phi) is 11.5. The van der Waals surface area contributed by atoms with Crippen LogP contribution in [-0.4, -0.2) is 28.0 Å². The van der Waals surface area contributed by atoms with Crippen LogP contribution in [0.3, 0.4) is 0 Å². The monoisotopic (exact) mass is 700 g/mol. The van der Waals surface area contributed by atoms with E-state index < -0.39 is 17.1 Å². The highest BCUT2D eigenvalue weighted by Crippen LogP contribution is 2.31. The summed E-state index contributed by atoms with van der Waals surface area (Å²) >= 11 is 15.2. The molecule has 0 aliphatic carbocycles. The molecule has 11 heteroatoms. The van der Waals surface area contributed by atoms with E-state index in [2.05, 4.69) is 20.9 Å². The number of carbonyl (C=O) groups is 3. The number of amides is 3. The fourth-order valence-electron chi connectivity index (χ4n) is 4.42. The van der Waals surface area contributed by atoms with Gasteiger partial charge >= 0.3 is 0 Å². The van der Waals surface area contributed by atoms with E-state index in [-0.39, 0.29) is 11.6 Å². The molecule has 5 rings (SSSR count). The van der Waals surface area contributed by atoms with Crippen molar-refractivity contribution < 1.29 is 14.4 Å². The lowest BCUT2D eigenvalue weighted by atomic mass is 10.1. The zero-order chi connectivity index (χ0) is 33.3. The average molecular weight is 702 g/mol. The maximum Gasteiger partial charge on any atom is 0.272 e. The largest absolute Gasteiger partial charge is 0.321 e. The molecule has 0 bridgehead atoms. The van der Waals surface area contributed by atoms with Gasteiger partial charge in [-0.3, -0.25) is 14.4 Å². The first-order chi connectivity index (χ1) is 22.7. The summed E-state index contributed by atoms with van der Waals surface area (Å²) in [4.78, 5) is 45.2. The molecule has 1 unspecified atom stereocenters. The number of thiazole rings is 1. The van der Waals surface area contributed by atoms with Crippen molar-refractivity contribution in [3.05, 3.63) is 135 Å². The number of aryl methyl sites for hydroxylation is 1. The van der Waals surface area contributed by atoms with Gasteiger partial charge in [-0.05, 0) is 67.4 Å². The SMILES string of the molecule is CCC(Sc1cccc(NC(=O)/C(=C\c2ccc(Cl)cc2Cl)NC(=O)c2ccccc2)c1)C(=O)Nc1nc(-c2ccc(C)cc2)cs1. The molecule has 1 heterocycles. The van der Waals surface area contributed by atoms with Crippen LogP contribution in [0.2, 0.25) is 10.0 Å². The molecule has 0 aliphatic heterocycles. The van der Waals surface area contributed by atoms with Gasteiger partial charge in [-0.2, -0.15) is 0 Å². The molecular formula is C36H30Cl2N4O3S2. The van der Waals surface area contributed by atoms with Crippen LogP contribution < -0.4 is 16.0 Å². The van der Waals surface area contributed by atoms with E-state index in [1.54, 1.807) is 66.7 Å². The first kappa shape index (κ1) is 33.9. The Labute approximate surface area is 291 Å². The number of rotatable bonds is 11. The van der Waals surface area contributed by atoms with E-state index in [1.807, 2.05) is 49.6 Å². The number of thioether (sulfide) groups is 1. The average Bonchev–Trinajstić information content (AvgIpc) is 3.53. The van der Waals surface area contributed by atoms with E-state index in [1.165, 1.54) is 34.7 Å².